The standard InChI is InChI=1S/C19H33NO11/c1-5-26-15-14(29-18-16(15)30-19(3,4)31-18)9(23)7-27-17-11(20-8(2)22)13(25)12(24)10(6-21)28-17/h9-18,21,23-25H,5-7H2,1-4H3,(H,20,22)/t9-,10-,11-,12-,13-,14-,15+,16-,17-,18-/m1/s1. The van der Waals surface area contributed by atoms with Crippen molar-refractivity contribution in [2.45, 2.75) is 94.8 Å². The summed E-state index contributed by atoms with van der Waals surface area (Å²) in [4.78, 5) is 11.5. The molecule has 3 saturated heterocycles. The third kappa shape index (κ3) is 5.36. The van der Waals surface area contributed by atoms with E-state index in [4.69, 9.17) is 28.4 Å². The molecule has 10 atom stereocenters. The molecule has 31 heavy (non-hydrogen) atoms. The summed E-state index contributed by atoms with van der Waals surface area (Å²) < 4.78 is 34.2. The van der Waals surface area contributed by atoms with Crippen LogP contribution >= 0.6 is 0 Å². The molecule has 180 valence electrons. The number of amides is 1. The summed E-state index contributed by atoms with van der Waals surface area (Å²) in [6, 6.07) is -1.11. The third-order valence-electron chi connectivity index (χ3n) is 5.45. The molecule has 1 amide bonds. The monoisotopic (exact) mass is 451 g/mol. The van der Waals surface area contributed by atoms with Crippen molar-refractivity contribution in [2.24, 2.45) is 0 Å². The van der Waals surface area contributed by atoms with Gasteiger partial charge in [-0.3, -0.25) is 4.79 Å². The molecule has 0 aromatic carbocycles. The van der Waals surface area contributed by atoms with Gasteiger partial charge < -0.3 is 54.2 Å². The lowest BCUT2D eigenvalue weighted by molar-refractivity contribution is -0.280. The smallest absolute Gasteiger partial charge is 0.217 e. The second-order valence-corrected chi connectivity index (χ2v) is 8.32. The Hall–Kier alpha value is -0.930. The first-order chi connectivity index (χ1) is 14.6. The average Bonchev–Trinajstić information content (AvgIpc) is 3.17. The van der Waals surface area contributed by atoms with Gasteiger partial charge in [-0.05, 0) is 20.8 Å². The summed E-state index contributed by atoms with van der Waals surface area (Å²) in [6.07, 6.45) is -9.07. The highest BCUT2D eigenvalue weighted by Gasteiger charge is 2.57. The fraction of sp³-hybridized carbons (Fsp3) is 0.947. The Labute approximate surface area is 180 Å². The van der Waals surface area contributed by atoms with Crippen LogP contribution in [0.4, 0.5) is 0 Å². The Morgan fingerprint density at radius 1 is 1.16 bits per heavy atom. The fourth-order valence-electron chi connectivity index (χ4n) is 4.10. The van der Waals surface area contributed by atoms with Crippen LogP contribution in [0.1, 0.15) is 27.7 Å². The van der Waals surface area contributed by atoms with Gasteiger partial charge in [0.1, 0.15) is 48.8 Å². The van der Waals surface area contributed by atoms with Gasteiger partial charge >= 0.3 is 0 Å². The normalized spacial score (nSPS) is 42.9. The van der Waals surface area contributed by atoms with E-state index in [0.717, 1.165) is 0 Å². The molecule has 12 nitrogen and oxygen atoms in total. The quantitative estimate of drug-likeness (QED) is 0.267. The molecule has 0 spiro atoms. The van der Waals surface area contributed by atoms with Crippen molar-refractivity contribution >= 4 is 5.91 Å². The summed E-state index contributed by atoms with van der Waals surface area (Å²) in [5.74, 6) is -1.31. The zero-order valence-corrected chi connectivity index (χ0v) is 18.0. The predicted octanol–water partition coefficient (Wildman–Crippen LogP) is -2.41. The highest BCUT2D eigenvalue weighted by atomic mass is 16.8. The minimum atomic E-state index is -1.45. The van der Waals surface area contributed by atoms with E-state index < -0.39 is 79.7 Å². The first kappa shape index (κ1) is 24.7. The predicted molar refractivity (Wildman–Crippen MR) is 101 cm³/mol. The minimum Gasteiger partial charge on any atom is -0.394 e. The number of ether oxygens (including phenoxy) is 6. The van der Waals surface area contributed by atoms with E-state index in [9.17, 15) is 25.2 Å². The zero-order valence-electron chi connectivity index (χ0n) is 18.0. The Kier molecular flexibility index (Phi) is 7.90. The van der Waals surface area contributed by atoms with Gasteiger partial charge in [0.2, 0.25) is 5.91 Å². The summed E-state index contributed by atoms with van der Waals surface area (Å²) in [5.41, 5.74) is 0. The van der Waals surface area contributed by atoms with Crippen LogP contribution in [0.3, 0.4) is 0 Å². The molecule has 0 bridgehead atoms. The number of aliphatic hydroxyl groups is 4. The van der Waals surface area contributed by atoms with Gasteiger partial charge in [0, 0.05) is 13.5 Å². The van der Waals surface area contributed by atoms with Crippen LogP contribution in [0, 0.1) is 0 Å². The van der Waals surface area contributed by atoms with Crippen molar-refractivity contribution in [3.63, 3.8) is 0 Å². The van der Waals surface area contributed by atoms with Crippen LogP contribution in [0.5, 0.6) is 0 Å². The summed E-state index contributed by atoms with van der Waals surface area (Å²) in [5, 5.41) is 43.0. The van der Waals surface area contributed by atoms with E-state index in [1.54, 1.807) is 13.8 Å². The van der Waals surface area contributed by atoms with Crippen LogP contribution in [-0.2, 0) is 33.2 Å². The van der Waals surface area contributed by atoms with Gasteiger partial charge in [0.05, 0.1) is 13.2 Å². The van der Waals surface area contributed by atoms with Crippen molar-refractivity contribution in [2.75, 3.05) is 19.8 Å². The second kappa shape index (κ2) is 9.91. The number of carbonyl (C=O) groups is 1. The second-order valence-electron chi connectivity index (χ2n) is 8.32. The molecule has 0 aromatic heterocycles. The summed E-state index contributed by atoms with van der Waals surface area (Å²) >= 11 is 0. The number of hydrogen-bond acceptors (Lipinski definition) is 11. The largest absolute Gasteiger partial charge is 0.394 e. The molecule has 0 aliphatic carbocycles. The molecule has 3 aliphatic rings. The van der Waals surface area contributed by atoms with Crippen molar-refractivity contribution in [3.8, 4) is 0 Å². The highest BCUT2D eigenvalue weighted by Crippen LogP contribution is 2.39. The van der Waals surface area contributed by atoms with Crippen LogP contribution in [0.2, 0.25) is 0 Å². The first-order valence-electron chi connectivity index (χ1n) is 10.4. The van der Waals surface area contributed by atoms with E-state index in [0.29, 0.717) is 6.61 Å². The minimum absolute atomic E-state index is 0.307. The third-order valence-corrected chi connectivity index (χ3v) is 5.45. The van der Waals surface area contributed by atoms with Crippen molar-refractivity contribution in [3.05, 3.63) is 0 Å². The molecular weight excluding hydrogens is 418 g/mol. The van der Waals surface area contributed by atoms with E-state index in [2.05, 4.69) is 5.32 Å². The SMILES string of the molecule is CCO[C@@H]1[C@H]2OC(C)(C)O[C@H]2O[C@@H]1[C@H](O)CO[C@@H]1O[C@H](CO)[C@@H](O)[C@H](O)[C@H]1NC(C)=O. The van der Waals surface area contributed by atoms with Crippen molar-refractivity contribution < 1.29 is 53.6 Å². The summed E-state index contributed by atoms with van der Waals surface area (Å²) in [6.45, 7) is 6.05. The molecule has 3 aliphatic heterocycles. The Balaban J connectivity index is 1.65. The Bertz CT molecular complexity index is 620. The van der Waals surface area contributed by atoms with Gasteiger partial charge in [0.15, 0.2) is 18.4 Å². The molecular formula is C19H33NO11. The lowest BCUT2D eigenvalue weighted by Crippen LogP contribution is -2.64. The van der Waals surface area contributed by atoms with E-state index in [1.165, 1.54) is 6.92 Å². The van der Waals surface area contributed by atoms with Gasteiger partial charge in [0.25, 0.3) is 0 Å². The van der Waals surface area contributed by atoms with Gasteiger partial charge in [-0.25, -0.2) is 0 Å². The van der Waals surface area contributed by atoms with Crippen molar-refractivity contribution in [1.29, 1.82) is 0 Å². The van der Waals surface area contributed by atoms with Crippen molar-refractivity contribution in [1.82, 2.24) is 5.32 Å². The number of fused-ring (bicyclic) bond motifs is 1. The van der Waals surface area contributed by atoms with Crippen LogP contribution in [0.15, 0.2) is 0 Å². The Morgan fingerprint density at radius 3 is 2.48 bits per heavy atom. The maximum Gasteiger partial charge on any atom is 0.217 e. The zero-order chi connectivity index (χ0) is 22.9. The molecule has 0 unspecified atom stereocenters. The number of nitrogens with one attached hydrogen (secondary N) is 1. The Morgan fingerprint density at radius 2 is 1.87 bits per heavy atom. The molecule has 0 saturated carbocycles. The number of rotatable bonds is 8. The average molecular weight is 451 g/mol. The lowest BCUT2D eigenvalue weighted by atomic mass is 9.97. The number of carbonyl (C=O) groups excluding carboxylic acids is 1. The molecule has 0 radical (unpaired) electrons. The molecule has 3 rings (SSSR count). The highest BCUT2D eigenvalue weighted by molar-refractivity contribution is 5.73. The van der Waals surface area contributed by atoms with Crippen LogP contribution < -0.4 is 5.32 Å². The van der Waals surface area contributed by atoms with Gasteiger partial charge in [-0.1, -0.05) is 0 Å². The molecule has 0 aromatic rings. The summed E-state index contributed by atoms with van der Waals surface area (Å²) in [7, 11) is 0. The first-order valence-corrected chi connectivity index (χ1v) is 10.4. The van der Waals surface area contributed by atoms with Crippen LogP contribution in [0.25, 0.3) is 0 Å². The number of aliphatic hydroxyl groups excluding tert-OH is 4. The molecule has 5 N–H and O–H groups in total. The van der Waals surface area contributed by atoms with Gasteiger partial charge in [-0.15, -0.1) is 0 Å². The maximum atomic E-state index is 11.5. The van der Waals surface area contributed by atoms with Gasteiger partial charge in [-0.2, -0.15) is 0 Å². The fourth-order valence-corrected chi connectivity index (χ4v) is 4.10. The topological polar surface area (TPSA) is 165 Å². The maximum absolute atomic E-state index is 11.5. The van der Waals surface area contributed by atoms with E-state index >= 15 is 0 Å². The molecule has 12 heteroatoms. The molecule has 3 heterocycles. The van der Waals surface area contributed by atoms with E-state index in [-0.39, 0.29) is 6.61 Å². The molecule has 3 fully saturated rings. The van der Waals surface area contributed by atoms with Crippen LogP contribution in [-0.4, -0.2) is 113 Å². The van der Waals surface area contributed by atoms with E-state index in [1.807, 2.05) is 6.92 Å². The lowest BCUT2D eigenvalue weighted by Gasteiger charge is -2.42. The number of hydrogen-bond donors (Lipinski definition) is 5.